The van der Waals surface area contributed by atoms with Crippen molar-refractivity contribution in [3.05, 3.63) is 30.0 Å². The molecule has 3 heterocycles. The fourth-order valence-corrected chi connectivity index (χ4v) is 4.09. The second-order valence-electron chi connectivity index (χ2n) is 8.45. The normalized spacial score (nSPS) is 19.6. The summed E-state index contributed by atoms with van der Waals surface area (Å²) in [7, 11) is 0. The zero-order valence-electron chi connectivity index (χ0n) is 17.9. The standard InChI is InChI=1S/C21H22F3N7O3/c22-21(23,24)19(33)30-5-6-31-13(9-30)10-34-16-7-12(3-4-15(16)31)28-20-26-8-14(17(25)32)18(29-20)27-11-1-2-11/h3-4,7-8,11,13H,1-2,5-6,9-10H2,(H2,25,32)(H2,26,27,28,29)/t13-/m1/s1. The number of piperazine rings is 1. The van der Waals surface area contributed by atoms with Crippen molar-refractivity contribution in [3.8, 4) is 5.75 Å². The Labute approximate surface area is 192 Å². The molecule has 2 aromatic rings. The van der Waals surface area contributed by atoms with Crippen LogP contribution < -0.4 is 26.0 Å². The Morgan fingerprint density at radius 3 is 2.71 bits per heavy atom. The monoisotopic (exact) mass is 477 g/mol. The molecule has 1 atom stereocenters. The number of halogens is 3. The average molecular weight is 477 g/mol. The van der Waals surface area contributed by atoms with Gasteiger partial charge in [-0.25, -0.2) is 4.98 Å². The van der Waals surface area contributed by atoms with Crippen LogP contribution in [-0.4, -0.2) is 71.2 Å². The molecule has 1 saturated carbocycles. The van der Waals surface area contributed by atoms with Gasteiger partial charge in [-0.15, -0.1) is 0 Å². The van der Waals surface area contributed by atoms with Crippen LogP contribution in [0, 0.1) is 0 Å². The molecule has 1 aliphatic carbocycles. The predicted molar refractivity (Wildman–Crippen MR) is 116 cm³/mol. The van der Waals surface area contributed by atoms with Crippen LogP contribution in [0.25, 0.3) is 0 Å². The van der Waals surface area contributed by atoms with E-state index in [0.717, 1.165) is 23.4 Å². The number of aromatic nitrogens is 2. The van der Waals surface area contributed by atoms with Crippen molar-refractivity contribution in [1.82, 2.24) is 14.9 Å². The lowest BCUT2D eigenvalue weighted by atomic mass is 10.1. The Balaban J connectivity index is 1.31. The highest BCUT2D eigenvalue weighted by atomic mass is 19.4. The number of primary amides is 1. The van der Waals surface area contributed by atoms with Gasteiger partial charge in [0.1, 0.15) is 18.2 Å². The summed E-state index contributed by atoms with van der Waals surface area (Å²) in [6, 6.07) is 5.21. The third-order valence-corrected chi connectivity index (χ3v) is 5.94. The maximum absolute atomic E-state index is 12.8. The first-order valence-corrected chi connectivity index (χ1v) is 10.8. The van der Waals surface area contributed by atoms with Crippen molar-refractivity contribution in [2.45, 2.75) is 31.1 Å². The Morgan fingerprint density at radius 2 is 2.00 bits per heavy atom. The highest BCUT2D eigenvalue weighted by Gasteiger charge is 2.45. The van der Waals surface area contributed by atoms with Gasteiger partial charge in [0, 0.05) is 43.6 Å². The molecule has 13 heteroatoms. The smallest absolute Gasteiger partial charge is 0.471 e. The number of hydrogen-bond acceptors (Lipinski definition) is 8. The molecule has 2 amide bonds. The molecule has 5 rings (SSSR count). The van der Waals surface area contributed by atoms with Gasteiger partial charge in [-0.2, -0.15) is 18.2 Å². The number of anilines is 4. The van der Waals surface area contributed by atoms with E-state index in [9.17, 15) is 22.8 Å². The number of carbonyl (C=O) groups excluding carboxylic acids is 2. The molecule has 1 saturated heterocycles. The van der Waals surface area contributed by atoms with Crippen molar-refractivity contribution in [2.24, 2.45) is 5.73 Å². The van der Waals surface area contributed by atoms with E-state index < -0.39 is 18.0 Å². The molecule has 1 aromatic carbocycles. The number of rotatable bonds is 5. The summed E-state index contributed by atoms with van der Waals surface area (Å²) in [5.74, 6) is -1.25. The van der Waals surface area contributed by atoms with Crippen LogP contribution in [-0.2, 0) is 4.79 Å². The van der Waals surface area contributed by atoms with Gasteiger partial charge in [0.15, 0.2) is 0 Å². The average Bonchev–Trinajstić information content (AvgIpc) is 3.61. The van der Waals surface area contributed by atoms with Crippen molar-refractivity contribution in [3.63, 3.8) is 0 Å². The van der Waals surface area contributed by atoms with Crippen LogP contribution in [0.4, 0.5) is 36.3 Å². The van der Waals surface area contributed by atoms with Gasteiger partial charge in [0.05, 0.1) is 17.3 Å². The molecule has 2 fully saturated rings. The summed E-state index contributed by atoms with van der Waals surface area (Å²) in [6.07, 6.45) is -1.54. The van der Waals surface area contributed by atoms with Gasteiger partial charge in [0.25, 0.3) is 5.91 Å². The molecule has 0 unspecified atom stereocenters. The molecule has 180 valence electrons. The molecule has 2 aliphatic heterocycles. The SMILES string of the molecule is NC(=O)c1cnc(Nc2ccc3c(c2)OC[C@H]2CN(C(=O)C(F)(F)F)CCN32)nc1NC1CC1. The molecule has 34 heavy (non-hydrogen) atoms. The molecule has 3 aliphatic rings. The fourth-order valence-electron chi connectivity index (χ4n) is 4.09. The van der Waals surface area contributed by atoms with Gasteiger partial charge < -0.3 is 30.9 Å². The fraction of sp³-hybridized carbons (Fsp3) is 0.429. The van der Waals surface area contributed by atoms with E-state index in [-0.39, 0.29) is 49.8 Å². The molecule has 0 spiro atoms. The number of hydrogen-bond donors (Lipinski definition) is 3. The summed E-state index contributed by atoms with van der Waals surface area (Å²) in [4.78, 5) is 34.6. The lowest BCUT2D eigenvalue weighted by Crippen LogP contribution is -2.60. The molecular weight excluding hydrogens is 455 g/mol. The molecule has 0 bridgehead atoms. The topological polar surface area (TPSA) is 126 Å². The minimum absolute atomic E-state index is 0.0227. The molecule has 0 radical (unpaired) electrons. The van der Waals surface area contributed by atoms with Crippen LogP contribution in [0.5, 0.6) is 5.75 Å². The van der Waals surface area contributed by atoms with Crippen molar-refractivity contribution in [2.75, 3.05) is 41.8 Å². The highest BCUT2D eigenvalue weighted by molar-refractivity contribution is 5.97. The molecular formula is C21H22F3N7O3. The van der Waals surface area contributed by atoms with Crippen molar-refractivity contribution < 1.29 is 27.5 Å². The van der Waals surface area contributed by atoms with E-state index in [1.807, 2.05) is 4.90 Å². The van der Waals surface area contributed by atoms with Crippen molar-refractivity contribution in [1.29, 1.82) is 0 Å². The number of nitrogens with one attached hydrogen (secondary N) is 2. The second kappa shape index (κ2) is 8.22. The number of benzene rings is 1. The largest absolute Gasteiger partial charge is 0.489 e. The molecule has 4 N–H and O–H groups in total. The number of alkyl halides is 3. The number of nitrogens with zero attached hydrogens (tertiary/aromatic N) is 4. The quantitative estimate of drug-likeness (QED) is 0.596. The van der Waals surface area contributed by atoms with Gasteiger partial charge >= 0.3 is 12.1 Å². The zero-order valence-corrected chi connectivity index (χ0v) is 17.9. The van der Waals surface area contributed by atoms with Gasteiger partial charge in [-0.1, -0.05) is 0 Å². The van der Waals surface area contributed by atoms with Crippen molar-refractivity contribution >= 4 is 35.0 Å². The second-order valence-corrected chi connectivity index (χ2v) is 8.45. The summed E-state index contributed by atoms with van der Waals surface area (Å²) >= 11 is 0. The zero-order chi connectivity index (χ0) is 24.0. The van der Waals surface area contributed by atoms with E-state index in [2.05, 4.69) is 20.6 Å². The minimum atomic E-state index is -4.89. The summed E-state index contributed by atoms with van der Waals surface area (Å²) in [6.45, 7) is 0.334. The Bertz CT molecular complexity index is 1140. The van der Waals surface area contributed by atoms with Gasteiger partial charge in [-0.3, -0.25) is 9.59 Å². The van der Waals surface area contributed by atoms with E-state index >= 15 is 0 Å². The first-order chi connectivity index (χ1) is 16.2. The van der Waals surface area contributed by atoms with Crippen LogP contribution in [0.3, 0.4) is 0 Å². The van der Waals surface area contributed by atoms with Gasteiger partial charge in [-0.05, 0) is 25.0 Å². The van der Waals surface area contributed by atoms with Crippen LogP contribution in [0.2, 0.25) is 0 Å². The molecule has 10 nitrogen and oxygen atoms in total. The van der Waals surface area contributed by atoms with Crippen LogP contribution in [0.15, 0.2) is 24.4 Å². The molecule has 1 aromatic heterocycles. The number of amides is 2. The van der Waals surface area contributed by atoms with Crippen LogP contribution >= 0.6 is 0 Å². The predicted octanol–water partition coefficient (Wildman–Crippen LogP) is 1.87. The van der Waals surface area contributed by atoms with Gasteiger partial charge in [0.2, 0.25) is 5.95 Å². The third-order valence-electron chi connectivity index (χ3n) is 5.94. The first kappa shape index (κ1) is 22.0. The first-order valence-electron chi connectivity index (χ1n) is 10.8. The summed E-state index contributed by atoms with van der Waals surface area (Å²) in [5, 5.41) is 6.25. The number of fused-ring (bicyclic) bond motifs is 3. The van der Waals surface area contributed by atoms with E-state index in [4.69, 9.17) is 10.5 Å². The number of ether oxygens (including phenoxy) is 1. The number of nitrogens with two attached hydrogens (primary N) is 1. The summed E-state index contributed by atoms with van der Waals surface area (Å²) < 4.78 is 44.2. The third kappa shape index (κ3) is 4.37. The number of carbonyl (C=O) groups is 2. The maximum Gasteiger partial charge on any atom is 0.471 e. The maximum atomic E-state index is 12.8. The highest BCUT2D eigenvalue weighted by Crippen LogP contribution is 2.38. The minimum Gasteiger partial charge on any atom is -0.489 e. The lowest BCUT2D eigenvalue weighted by molar-refractivity contribution is -0.186. The van der Waals surface area contributed by atoms with Crippen LogP contribution in [0.1, 0.15) is 23.2 Å². The Kier molecular flexibility index (Phi) is 5.33. The van der Waals surface area contributed by atoms with E-state index in [0.29, 0.717) is 17.3 Å². The lowest BCUT2D eigenvalue weighted by Gasteiger charge is -2.45. The van der Waals surface area contributed by atoms with E-state index in [1.54, 1.807) is 18.2 Å². The summed E-state index contributed by atoms with van der Waals surface area (Å²) in [5.41, 5.74) is 6.99. The Hall–Kier alpha value is -3.77. The van der Waals surface area contributed by atoms with E-state index in [1.165, 1.54) is 6.20 Å². The Morgan fingerprint density at radius 1 is 1.21 bits per heavy atom.